The molecule has 2 aromatic carbocycles. The second kappa shape index (κ2) is 9.51. The molecule has 1 aliphatic rings. The van der Waals surface area contributed by atoms with Crippen LogP contribution in [0.2, 0.25) is 0 Å². The van der Waals surface area contributed by atoms with Gasteiger partial charge in [0.15, 0.2) is 0 Å². The lowest BCUT2D eigenvalue weighted by Crippen LogP contribution is -2.29. The van der Waals surface area contributed by atoms with Crippen LogP contribution in [0.4, 0.5) is 5.69 Å². The van der Waals surface area contributed by atoms with E-state index in [1.807, 2.05) is 13.0 Å². The van der Waals surface area contributed by atoms with E-state index < -0.39 is 17.7 Å². The van der Waals surface area contributed by atoms with Crippen molar-refractivity contribution >= 4 is 23.1 Å². The van der Waals surface area contributed by atoms with Crippen LogP contribution in [0, 0.1) is 31.1 Å². The van der Waals surface area contributed by atoms with Gasteiger partial charge in [0.1, 0.15) is 29.1 Å². The molecule has 0 aliphatic carbocycles. The molecule has 1 fully saturated rings. The van der Waals surface area contributed by atoms with Crippen molar-refractivity contribution in [3.05, 3.63) is 88.4 Å². The number of aryl methyl sites for hydroxylation is 2. The summed E-state index contributed by atoms with van der Waals surface area (Å²) < 4.78 is 11.6. The Morgan fingerprint density at radius 3 is 2.40 bits per heavy atom. The second-order valence-corrected chi connectivity index (χ2v) is 8.96. The van der Waals surface area contributed by atoms with Crippen molar-refractivity contribution in [3.63, 3.8) is 0 Å². The van der Waals surface area contributed by atoms with Crippen molar-refractivity contribution < 1.29 is 23.8 Å². The Morgan fingerprint density at radius 2 is 1.83 bits per heavy atom. The minimum atomic E-state index is -0.964. The number of ether oxygens (including phenoxy) is 1. The van der Waals surface area contributed by atoms with Crippen LogP contribution in [-0.4, -0.2) is 23.4 Å². The third kappa shape index (κ3) is 4.56. The fourth-order valence-electron chi connectivity index (χ4n) is 4.04. The van der Waals surface area contributed by atoms with Crippen LogP contribution in [-0.2, 0) is 9.59 Å². The van der Waals surface area contributed by atoms with Crippen molar-refractivity contribution in [2.75, 3.05) is 11.5 Å². The van der Waals surface area contributed by atoms with Crippen LogP contribution in [0.1, 0.15) is 48.1 Å². The van der Waals surface area contributed by atoms with E-state index in [1.54, 1.807) is 61.5 Å². The Hall–Kier alpha value is -4.31. The molecule has 0 radical (unpaired) electrons. The van der Waals surface area contributed by atoms with Gasteiger partial charge in [-0.1, -0.05) is 13.8 Å². The summed E-state index contributed by atoms with van der Waals surface area (Å²) in [5.41, 5.74) is 1.96. The first-order valence-electron chi connectivity index (χ1n) is 11.3. The zero-order valence-corrected chi connectivity index (χ0v) is 20.0. The number of hydrogen-bond donors (Lipinski definition) is 1. The normalized spacial score (nSPS) is 17.1. The molecule has 2 heterocycles. The number of anilines is 1. The van der Waals surface area contributed by atoms with E-state index in [4.69, 9.17) is 14.4 Å². The lowest BCUT2D eigenvalue weighted by Gasteiger charge is -2.23. The first-order chi connectivity index (χ1) is 16.7. The highest BCUT2D eigenvalue weighted by Gasteiger charge is 2.48. The van der Waals surface area contributed by atoms with E-state index in [0.29, 0.717) is 46.6 Å². The zero-order valence-electron chi connectivity index (χ0n) is 20.0. The number of carbonyl (C=O) groups excluding carboxylic acids is 2. The van der Waals surface area contributed by atoms with Gasteiger partial charge in [0, 0.05) is 11.3 Å². The Balaban J connectivity index is 1.82. The topological polar surface area (TPSA) is 104 Å². The van der Waals surface area contributed by atoms with Gasteiger partial charge in [0.2, 0.25) is 0 Å². The Bertz CT molecular complexity index is 1360. The molecule has 7 heteroatoms. The number of benzene rings is 2. The third-order valence-corrected chi connectivity index (χ3v) is 5.77. The lowest BCUT2D eigenvalue weighted by molar-refractivity contribution is -0.132. The molecular formula is C28H26N2O5. The Kier molecular flexibility index (Phi) is 6.48. The van der Waals surface area contributed by atoms with E-state index in [2.05, 4.69) is 13.8 Å². The molecule has 1 N–H and O–H groups in total. The van der Waals surface area contributed by atoms with Gasteiger partial charge in [-0.15, -0.1) is 0 Å². The maximum atomic E-state index is 13.2. The van der Waals surface area contributed by atoms with Crippen molar-refractivity contribution in [2.24, 2.45) is 5.92 Å². The Labute approximate surface area is 203 Å². The second-order valence-electron chi connectivity index (χ2n) is 8.96. The quantitative estimate of drug-likeness (QED) is 0.293. The van der Waals surface area contributed by atoms with E-state index in [0.717, 1.165) is 5.56 Å². The number of aliphatic hydroxyl groups excluding tert-OH is 1. The number of ketones is 1. The summed E-state index contributed by atoms with van der Waals surface area (Å²) in [5.74, 6) is 0.0998. The van der Waals surface area contributed by atoms with E-state index in [9.17, 15) is 14.7 Å². The molecule has 35 heavy (non-hydrogen) atoms. The molecular weight excluding hydrogens is 444 g/mol. The van der Waals surface area contributed by atoms with Crippen LogP contribution in [0.5, 0.6) is 5.75 Å². The number of carbonyl (C=O) groups is 2. The molecule has 0 spiro atoms. The van der Waals surface area contributed by atoms with Crippen molar-refractivity contribution in [1.82, 2.24) is 0 Å². The maximum Gasteiger partial charge on any atom is 0.300 e. The van der Waals surface area contributed by atoms with Crippen molar-refractivity contribution in [1.29, 1.82) is 5.26 Å². The summed E-state index contributed by atoms with van der Waals surface area (Å²) in [4.78, 5) is 27.7. The molecule has 178 valence electrons. The van der Waals surface area contributed by atoms with Gasteiger partial charge in [0.05, 0.1) is 23.8 Å². The molecule has 4 rings (SSSR count). The number of furan rings is 1. The molecule has 3 aromatic rings. The van der Waals surface area contributed by atoms with Gasteiger partial charge >= 0.3 is 0 Å². The van der Waals surface area contributed by atoms with Gasteiger partial charge < -0.3 is 14.3 Å². The molecule has 0 bridgehead atoms. The molecule has 1 amide bonds. The molecule has 0 saturated carbocycles. The first-order valence-corrected chi connectivity index (χ1v) is 11.3. The summed E-state index contributed by atoms with van der Waals surface area (Å²) in [6.07, 6.45) is 0. The first kappa shape index (κ1) is 23.8. The van der Waals surface area contributed by atoms with Crippen molar-refractivity contribution in [2.45, 2.75) is 33.7 Å². The maximum absolute atomic E-state index is 13.2. The van der Waals surface area contributed by atoms with Gasteiger partial charge in [0.25, 0.3) is 11.7 Å². The summed E-state index contributed by atoms with van der Waals surface area (Å²) in [6.45, 7) is 8.28. The summed E-state index contributed by atoms with van der Waals surface area (Å²) in [7, 11) is 0. The number of rotatable bonds is 6. The third-order valence-electron chi connectivity index (χ3n) is 5.77. The van der Waals surface area contributed by atoms with Crippen LogP contribution < -0.4 is 9.64 Å². The monoisotopic (exact) mass is 470 g/mol. The molecule has 1 aromatic heterocycles. The van der Waals surface area contributed by atoms with Gasteiger partial charge in [-0.2, -0.15) is 5.26 Å². The number of amides is 1. The highest BCUT2D eigenvalue weighted by Crippen LogP contribution is 2.43. The van der Waals surface area contributed by atoms with Crippen LogP contribution >= 0.6 is 0 Å². The van der Waals surface area contributed by atoms with Crippen molar-refractivity contribution in [3.8, 4) is 11.8 Å². The van der Waals surface area contributed by atoms with Crippen LogP contribution in [0.3, 0.4) is 0 Å². The summed E-state index contributed by atoms with van der Waals surface area (Å²) in [5, 5.41) is 20.4. The largest absolute Gasteiger partial charge is 0.507 e. The average molecular weight is 471 g/mol. The van der Waals surface area contributed by atoms with Crippen LogP contribution in [0.15, 0.2) is 64.6 Å². The summed E-state index contributed by atoms with van der Waals surface area (Å²) in [6, 6.07) is 16.0. The highest BCUT2D eigenvalue weighted by atomic mass is 16.5. The lowest BCUT2D eigenvalue weighted by atomic mass is 9.98. The Morgan fingerprint density at radius 1 is 1.11 bits per heavy atom. The molecule has 7 nitrogen and oxygen atoms in total. The number of aliphatic hydroxyl groups is 1. The zero-order chi connectivity index (χ0) is 25.3. The fourth-order valence-corrected chi connectivity index (χ4v) is 4.04. The number of Topliss-reactive ketones (excluding diaryl/α,β-unsaturated/α-hetero) is 1. The van der Waals surface area contributed by atoms with E-state index in [1.165, 1.54) is 4.90 Å². The smallest absolute Gasteiger partial charge is 0.300 e. The van der Waals surface area contributed by atoms with Gasteiger partial charge in [-0.05, 0) is 79.9 Å². The molecule has 1 aliphatic heterocycles. The predicted molar refractivity (Wildman–Crippen MR) is 131 cm³/mol. The molecule has 1 unspecified atom stereocenters. The highest BCUT2D eigenvalue weighted by molar-refractivity contribution is 6.51. The standard InChI is InChI=1S/C28H26N2O5/c1-16(2)15-34-22-12-8-20(13-17(22)3)26(31)24-25(23-11-5-18(4)35-23)30(28(33)27(24)32)21-9-6-19(14-29)7-10-21/h5-13,16,25,31H,15H2,1-4H3/b26-24-. The van der Waals surface area contributed by atoms with Crippen LogP contribution in [0.25, 0.3) is 5.76 Å². The van der Waals surface area contributed by atoms with E-state index >= 15 is 0 Å². The predicted octanol–water partition coefficient (Wildman–Crippen LogP) is 5.43. The number of nitriles is 1. The average Bonchev–Trinajstić information content (AvgIpc) is 3.38. The minimum Gasteiger partial charge on any atom is -0.507 e. The minimum absolute atomic E-state index is 0.0658. The summed E-state index contributed by atoms with van der Waals surface area (Å²) >= 11 is 0. The SMILES string of the molecule is Cc1ccc(C2/C(=C(/O)c3ccc(OCC(C)C)c(C)c3)C(=O)C(=O)N2c2ccc(C#N)cc2)o1. The number of nitrogens with zero attached hydrogens (tertiary/aromatic N) is 2. The van der Waals surface area contributed by atoms with Gasteiger partial charge in [-0.3, -0.25) is 14.5 Å². The van der Waals surface area contributed by atoms with E-state index in [-0.39, 0.29) is 11.3 Å². The molecule has 1 saturated heterocycles. The molecule has 1 atom stereocenters. The van der Waals surface area contributed by atoms with Gasteiger partial charge in [-0.25, -0.2) is 0 Å². The fraction of sp³-hybridized carbons (Fsp3) is 0.250. The number of hydrogen-bond acceptors (Lipinski definition) is 6.